The Kier molecular flexibility index (Phi) is 4.38. The van der Waals surface area contributed by atoms with Gasteiger partial charge in [-0.15, -0.1) is 0 Å². The zero-order valence-corrected chi connectivity index (χ0v) is 13.1. The van der Waals surface area contributed by atoms with Crippen LogP contribution in [-0.2, 0) is 11.2 Å². The maximum absolute atomic E-state index is 13.3. The Morgan fingerprint density at radius 3 is 2.90 bits per heavy atom. The van der Waals surface area contributed by atoms with E-state index in [0.717, 1.165) is 18.6 Å². The van der Waals surface area contributed by atoms with Crippen molar-refractivity contribution in [1.29, 1.82) is 0 Å². The van der Waals surface area contributed by atoms with Crippen LogP contribution in [0, 0.1) is 5.82 Å². The molecule has 0 fully saturated rings. The summed E-state index contributed by atoms with van der Waals surface area (Å²) in [7, 11) is 0. The molecule has 0 amide bonds. The summed E-state index contributed by atoms with van der Waals surface area (Å²) in [5.41, 5.74) is 9.75. The molecule has 1 aliphatic heterocycles. The lowest BCUT2D eigenvalue weighted by Gasteiger charge is -2.28. The van der Waals surface area contributed by atoms with Gasteiger partial charge in [0.15, 0.2) is 0 Å². The number of halogens is 2. The van der Waals surface area contributed by atoms with Gasteiger partial charge in [0.2, 0.25) is 0 Å². The van der Waals surface area contributed by atoms with Gasteiger partial charge in [-0.1, -0.05) is 30.3 Å². The van der Waals surface area contributed by atoms with Gasteiger partial charge in [0, 0.05) is 6.04 Å². The zero-order valence-electron chi connectivity index (χ0n) is 11.6. The third-order valence-electron chi connectivity index (χ3n) is 3.93. The van der Waals surface area contributed by atoms with Crippen LogP contribution in [-0.4, -0.2) is 6.61 Å². The van der Waals surface area contributed by atoms with Crippen LogP contribution in [0.2, 0.25) is 0 Å². The Balaban J connectivity index is 1.79. The summed E-state index contributed by atoms with van der Waals surface area (Å²) in [5, 5.41) is 0. The third-order valence-corrected chi connectivity index (χ3v) is 4.54. The highest BCUT2D eigenvalue weighted by atomic mass is 79.9. The molecule has 0 aromatic heterocycles. The maximum atomic E-state index is 13.3. The quantitative estimate of drug-likeness (QED) is 0.896. The van der Waals surface area contributed by atoms with E-state index in [2.05, 4.69) is 34.1 Å². The number of hydrogen-bond donors (Lipinski definition) is 1. The molecule has 21 heavy (non-hydrogen) atoms. The molecule has 0 saturated carbocycles. The summed E-state index contributed by atoms with van der Waals surface area (Å²) < 4.78 is 19.6. The fourth-order valence-electron chi connectivity index (χ4n) is 2.78. The molecule has 3 rings (SSSR count). The van der Waals surface area contributed by atoms with Gasteiger partial charge in [-0.3, -0.25) is 0 Å². The van der Waals surface area contributed by atoms with Crippen LogP contribution in [0.25, 0.3) is 0 Å². The van der Waals surface area contributed by atoms with Crippen LogP contribution < -0.4 is 5.73 Å². The number of fused-ring (bicyclic) bond motifs is 1. The van der Waals surface area contributed by atoms with Crippen molar-refractivity contribution in [1.82, 2.24) is 0 Å². The molecule has 2 aromatic rings. The van der Waals surface area contributed by atoms with E-state index in [-0.39, 0.29) is 18.0 Å². The van der Waals surface area contributed by atoms with Gasteiger partial charge >= 0.3 is 0 Å². The second-order valence-corrected chi connectivity index (χ2v) is 6.18. The predicted molar refractivity (Wildman–Crippen MR) is 84.5 cm³/mol. The van der Waals surface area contributed by atoms with E-state index in [1.54, 1.807) is 12.1 Å². The summed E-state index contributed by atoms with van der Waals surface area (Å²) in [6.07, 6.45) is 1.65. The van der Waals surface area contributed by atoms with Crippen LogP contribution in [0.5, 0.6) is 0 Å². The van der Waals surface area contributed by atoms with Gasteiger partial charge in [-0.25, -0.2) is 4.39 Å². The van der Waals surface area contributed by atoms with Crippen molar-refractivity contribution in [2.24, 2.45) is 5.73 Å². The first-order valence-electron chi connectivity index (χ1n) is 7.05. The Morgan fingerprint density at radius 1 is 1.29 bits per heavy atom. The van der Waals surface area contributed by atoms with Gasteiger partial charge in [0.1, 0.15) is 5.82 Å². The first-order chi connectivity index (χ1) is 10.1. The van der Waals surface area contributed by atoms with E-state index in [9.17, 15) is 4.39 Å². The molecule has 0 saturated heterocycles. The first kappa shape index (κ1) is 14.7. The second kappa shape index (κ2) is 6.26. The third kappa shape index (κ3) is 3.18. The highest BCUT2D eigenvalue weighted by molar-refractivity contribution is 9.10. The summed E-state index contributed by atoms with van der Waals surface area (Å²) in [6, 6.07) is 13.1. The molecule has 1 aliphatic rings. The lowest BCUT2D eigenvalue weighted by Crippen LogP contribution is -2.21. The van der Waals surface area contributed by atoms with E-state index in [0.29, 0.717) is 10.9 Å². The molecule has 2 unspecified atom stereocenters. The van der Waals surface area contributed by atoms with Crippen LogP contribution in [0.3, 0.4) is 0 Å². The molecular weight excluding hydrogens is 333 g/mol. The number of benzene rings is 2. The Labute approximate surface area is 132 Å². The number of nitrogens with two attached hydrogens (primary N) is 1. The van der Waals surface area contributed by atoms with Crippen molar-refractivity contribution < 1.29 is 9.13 Å². The van der Waals surface area contributed by atoms with Gasteiger partial charge in [0.25, 0.3) is 0 Å². The molecule has 2 atom stereocenters. The van der Waals surface area contributed by atoms with Gasteiger partial charge < -0.3 is 10.5 Å². The minimum absolute atomic E-state index is 0.00813. The van der Waals surface area contributed by atoms with E-state index in [1.807, 2.05) is 6.07 Å². The minimum atomic E-state index is -0.273. The highest BCUT2D eigenvalue weighted by Crippen LogP contribution is 2.34. The molecule has 0 bridgehead atoms. The Morgan fingerprint density at radius 2 is 2.10 bits per heavy atom. The summed E-state index contributed by atoms with van der Waals surface area (Å²) in [6.45, 7) is 0.724. The monoisotopic (exact) mass is 349 g/mol. The fourth-order valence-corrected chi connectivity index (χ4v) is 3.18. The van der Waals surface area contributed by atoms with Crippen molar-refractivity contribution in [3.8, 4) is 0 Å². The van der Waals surface area contributed by atoms with Gasteiger partial charge in [-0.05, 0) is 57.6 Å². The van der Waals surface area contributed by atoms with Crippen LogP contribution in [0.4, 0.5) is 4.39 Å². The van der Waals surface area contributed by atoms with Crippen molar-refractivity contribution in [3.63, 3.8) is 0 Å². The predicted octanol–water partition coefficient (Wildman–Crippen LogP) is 4.29. The fraction of sp³-hybridized carbons (Fsp3) is 0.294. The molecule has 110 valence electrons. The topological polar surface area (TPSA) is 35.2 Å². The Bertz CT molecular complexity index is 646. The molecule has 2 nitrogen and oxygen atoms in total. The van der Waals surface area contributed by atoms with Gasteiger partial charge in [0.05, 0.1) is 17.2 Å². The second-order valence-electron chi connectivity index (χ2n) is 5.32. The van der Waals surface area contributed by atoms with E-state index in [1.165, 1.54) is 17.2 Å². The lowest BCUT2D eigenvalue weighted by atomic mass is 9.92. The molecule has 4 heteroatoms. The number of rotatable bonds is 3. The van der Waals surface area contributed by atoms with Crippen LogP contribution in [0.15, 0.2) is 46.9 Å². The van der Waals surface area contributed by atoms with Crippen molar-refractivity contribution >= 4 is 15.9 Å². The smallest absolute Gasteiger partial charge is 0.137 e. The largest absolute Gasteiger partial charge is 0.373 e. The summed E-state index contributed by atoms with van der Waals surface area (Å²) in [5.74, 6) is -0.273. The average molecular weight is 350 g/mol. The molecule has 0 spiro atoms. The SMILES string of the molecule is NC(CC1OCCc2ccccc21)c1ccc(F)c(Br)c1. The normalized spacial score (nSPS) is 19.1. The molecule has 2 aromatic carbocycles. The Hall–Kier alpha value is -1.23. The first-order valence-corrected chi connectivity index (χ1v) is 7.84. The van der Waals surface area contributed by atoms with Crippen molar-refractivity contribution in [3.05, 3.63) is 69.4 Å². The van der Waals surface area contributed by atoms with Gasteiger partial charge in [-0.2, -0.15) is 0 Å². The van der Waals surface area contributed by atoms with Crippen LogP contribution in [0.1, 0.15) is 35.3 Å². The van der Waals surface area contributed by atoms with E-state index >= 15 is 0 Å². The summed E-state index contributed by atoms with van der Waals surface area (Å²) in [4.78, 5) is 0. The average Bonchev–Trinajstić information content (AvgIpc) is 2.50. The van der Waals surface area contributed by atoms with Crippen LogP contribution >= 0.6 is 15.9 Å². The van der Waals surface area contributed by atoms with Crippen molar-refractivity contribution in [2.45, 2.75) is 25.0 Å². The van der Waals surface area contributed by atoms with E-state index in [4.69, 9.17) is 10.5 Å². The molecule has 1 heterocycles. The number of hydrogen-bond acceptors (Lipinski definition) is 2. The maximum Gasteiger partial charge on any atom is 0.137 e. The minimum Gasteiger partial charge on any atom is -0.373 e. The summed E-state index contributed by atoms with van der Waals surface area (Å²) >= 11 is 3.20. The lowest BCUT2D eigenvalue weighted by molar-refractivity contribution is 0.0320. The highest BCUT2D eigenvalue weighted by Gasteiger charge is 2.23. The number of ether oxygens (including phenoxy) is 1. The molecule has 0 radical (unpaired) electrons. The van der Waals surface area contributed by atoms with Crippen molar-refractivity contribution in [2.75, 3.05) is 6.61 Å². The molecular formula is C17H17BrFNO. The molecule has 0 aliphatic carbocycles. The van der Waals surface area contributed by atoms with E-state index < -0.39 is 0 Å². The zero-order chi connectivity index (χ0) is 14.8. The standard InChI is InChI=1S/C17H17BrFNO/c18-14-9-12(5-6-15(14)19)16(20)10-17-13-4-2-1-3-11(13)7-8-21-17/h1-6,9,16-17H,7-8,10,20H2. The molecule has 2 N–H and O–H groups in total.